The third kappa shape index (κ3) is 2.28. The largest absolute Gasteiger partial charge is 0.367 e. The van der Waals surface area contributed by atoms with Crippen LogP contribution in [0, 0.1) is 18.3 Å². The number of rotatable bonds is 4. The topological polar surface area (TPSA) is 71.5 Å². The highest BCUT2D eigenvalue weighted by atomic mass is 15.3. The summed E-state index contributed by atoms with van der Waals surface area (Å²) in [5.74, 6) is 0.761. The standard InChI is InChI=1S/C11H14N6/c1-9-10(8-12)11(16(2)15-9)13-5-7-17-6-3-4-14-17/h3-4,6,13H,5,7H2,1-2H3. The summed E-state index contributed by atoms with van der Waals surface area (Å²) >= 11 is 0. The predicted molar refractivity (Wildman–Crippen MR) is 63.4 cm³/mol. The first-order valence-electron chi connectivity index (χ1n) is 5.37. The SMILES string of the molecule is Cc1nn(C)c(NCCn2cccn2)c1C#N. The van der Waals surface area contributed by atoms with Crippen LogP contribution in [0.1, 0.15) is 11.3 Å². The molecular weight excluding hydrogens is 216 g/mol. The van der Waals surface area contributed by atoms with Gasteiger partial charge in [0.2, 0.25) is 0 Å². The first-order chi connectivity index (χ1) is 8.22. The van der Waals surface area contributed by atoms with Gasteiger partial charge in [0.15, 0.2) is 0 Å². The van der Waals surface area contributed by atoms with E-state index in [9.17, 15) is 0 Å². The second-order valence-electron chi connectivity index (χ2n) is 3.74. The van der Waals surface area contributed by atoms with Crippen molar-refractivity contribution in [2.45, 2.75) is 13.5 Å². The summed E-state index contributed by atoms with van der Waals surface area (Å²) in [6, 6.07) is 4.04. The van der Waals surface area contributed by atoms with Gasteiger partial charge in [0.1, 0.15) is 17.5 Å². The van der Waals surface area contributed by atoms with Crippen molar-refractivity contribution < 1.29 is 0 Å². The molecule has 0 bridgehead atoms. The van der Waals surface area contributed by atoms with Gasteiger partial charge in [0.25, 0.3) is 0 Å². The Morgan fingerprint density at radius 3 is 3.00 bits per heavy atom. The molecule has 0 fully saturated rings. The van der Waals surface area contributed by atoms with Gasteiger partial charge in [0, 0.05) is 26.0 Å². The van der Waals surface area contributed by atoms with E-state index in [-0.39, 0.29) is 0 Å². The monoisotopic (exact) mass is 230 g/mol. The second-order valence-corrected chi connectivity index (χ2v) is 3.74. The summed E-state index contributed by atoms with van der Waals surface area (Å²) in [6.07, 6.45) is 3.65. The van der Waals surface area contributed by atoms with E-state index < -0.39 is 0 Å². The van der Waals surface area contributed by atoms with Gasteiger partial charge < -0.3 is 5.32 Å². The average molecular weight is 230 g/mol. The Morgan fingerprint density at radius 2 is 2.35 bits per heavy atom. The van der Waals surface area contributed by atoms with E-state index in [1.54, 1.807) is 10.9 Å². The Kier molecular flexibility index (Phi) is 3.10. The van der Waals surface area contributed by atoms with Crippen LogP contribution >= 0.6 is 0 Å². The lowest BCUT2D eigenvalue weighted by Gasteiger charge is -2.07. The van der Waals surface area contributed by atoms with E-state index in [0.717, 1.165) is 18.1 Å². The molecular formula is C11H14N6. The molecule has 0 unspecified atom stereocenters. The minimum atomic E-state index is 0.605. The molecule has 0 saturated heterocycles. The van der Waals surface area contributed by atoms with Crippen LogP contribution in [0.2, 0.25) is 0 Å². The minimum absolute atomic E-state index is 0.605. The van der Waals surface area contributed by atoms with Gasteiger partial charge >= 0.3 is 0 Å². The molecule has 0 atom stereocenters. The molecule has 0 spiro atoms. The van der Waals surface area contributed by atoms with Gasteiger partial charge in [0.05, 0.1) is 12.2 Å². The Bertz CT molecular complexity index is 531. The average Bonchev–Trinajstić information content (AvgIpc) is 2.88. The molecule has 0 aliphatic carbocycles. The molecule has 2 rings (SSSR count). The lowest BCUT2D eigenvalue weighted by atomic mass is 10.2. The highest BCUT2D eigenvalue weighted by Crippen LogP contribution is 2.16. The van der Waals surface area contributed by atoms with Crippen molar-refractivity contribution >= 4 is 5.82 Å². The van der Waals surface area contributed by atoms with E-state index in [1.807, 2.05) is 30.9 Å². The Labute approximate surface area is 99.5 Å². The lowest BCUT2D eigenvalue weighted by molar-refractivity contribution is 0.633. The molecule has 2 aromatic rings. The van der Waals surface area contributed by atoms with Gasteiger partial charge in [-0.25, -0.2) is 0 Å². The fraction of sp³-hybridized carbons (Fsp3) is 0.364. The number of hydrogen-bond acceptors (Lipinski definition) is 4. The van der Waals surface area contributed by atoms with Crippen LogP contribution in [-0.4, -0.2) is 26.1 Å². The zero-order chi connectivity index (χ0) is 12.3. The fourth-order valence-corrected chi connectivity index (χ4v) is 1.72. The molecule has 2 aromatic heterocycles. The molecule has 17 heavy (non-hydrogen) atoms. The lowest BCUT2D eigenvalue weighted by Crippen LogP contribution is -2.13. The van der Waals surface area contributed by atoms with Gasteiger partial charge in [-0.2, -0.15) is 15.5 Å². The van der Waals surface area contributed by atoms with Crippen LogP contribution in [0.4, 0.5) is 5.82 Å². The number of nitrogens with one attached hydrogen (secondary N) is 1. The quantitative estimate of drug-likeness (QED) is 0.847. The zero-order valence-electron chi connectivity index (χ0n) is 9.88. The maximum atomic E-state index is 9.04. The summed E-state index contributed by atoms with van der Waals surface area (Å²) in [6.45, 7) is 3.29. The van der Waals surface area contributed by atoms with Crippen molar-refractivity contribution in [2.75, 3.05) is 11.9 Å². The van der Waals surface area contributed by atoms with Crippen molar-refractivity contribution in [1.29, 1.82) is 5.26 Å². The van der Waals surface area contributed by atoms with Crippen LogP contribution in [0.5, 0.6) is 0 Å². The second kappa shape index (κ2) is 4.70. The molecule has 2 heterocycles. The van der Waals surface area contributed by atoms with E-state index in [2.05, 4.69) is 21.6 Å². The summed E-state index contributed by atoms with van der Waals surface area (Å²) in [7, 11) is 1.82. The zero-order valence-corrected chi connectivity index (χ0v) is 9.88. The maximum Gasteiger partial charge on any atom is 0.142 e. The Morgan fingerprint density at radius 1 is 1.53 bits per heavy atom. The molecule has 1 N–H and O–H groups in total. The normalized spacial score (nSPS) is 10.2. The molecule has 6 nitrogen and oxygen atoms in total. The summed E-state index contributed by atoms with van der Waals surface area (Å²) in [5, 5.41) is 20.6. The molecule has 0 saturated carbocycles. The van der Waals surface area contributed by atoms with Crippen molar-refractivity contribution in [3.8, 4) is 6.07 Å². The predicted octanol–water partition coefficient (Wildman–Crippen LogP) is 0.909. The number of anilines is 1. The summed E-state index contributed by atoms with van der Waals surface area (Å²) < 4.78 is 3.53. The van der Waals surface area contributed by atoms with Crippen molar-refractivity contribution in [1.82, 2.24) is 19.6 Å². The van der Waals surface area contributed by atoms with Crippen LogP contribution in [0.15, 0.2) is 18.5 Å². The number of hydrogen-bond donors (Lipinski definition) is 1. The fourth-order valence-electron chi connectivity index (χ4n) is 1.72. The maximum absolute atomic E-state index is 9.04. The summed E-state index contributed by atoms with van der Waals surface area (Å²) in [4.78, 5) is 0. The van der Waals surface area contributed by atoms with Crippen LogP contribution < -0.4 is 5.32 Å². The van der Waals surface area contributed by atoms with Crippen LogP contribution in [0.25, 0.3) is 0 Å². The van der Waals surface area contributed by atoms with Crippen molar-refractivity contribution in [2.24, 2.45) is 7.05 Å². The van der Waals surface area contributed by atoms with Crippen molar-refractivity contribution in [3.63, 3.8) is 0 Å². The molecule has 0 aliphatic heterocycles. The smallest absolute Gasteiger partial charge is 0.142 e. The van der Waals surface area contributed by atoms with Crippen molar-refractivity contribution in [3.05, 3.63) is 29.7 Å². The molecule has 0 aromatic carbocycles. The number of nitrogens with zero attached hydrogens (tertiary/aromatic N) is 5. The van der Waals surface area contributed by atoms with E-state index in [1.165, 1.54) is 0 Å². The molecule has 88 valence electrons. The number of aryl methyl sites for hydroxylation is 2. The van der Waals surface area contributed by atoms with Gasteiger partial charge in [-0.1, -0.05) is 0 Å². The highest BCUT2D eigenvalue weighted by molar-refractivity contribution is 5.54. The Hall–Kier alpha value is -2.29. The molecule has 0 amide bonds. The first-order valence-corrected chi connectivity index (χ1v) is 5.37. The summed E-state index contributed by atoms with van der Waals surface area (Å²) in [5.41, 5.74) is 1.35. The third-order valence-electron chi connectivity index (χ3n) is 2.53. The minimum Gasteiger partial charge on any atom is -0.367 e. The van der Waals surface area contributed by atoms with Gasteiger partial charge in [-0.15, -0.1) is 0 Å². The Balaban J connectivity index is 2.02. The highest BCUT2D eigenvalue weighted by Gasteiger charge is 2.11. The molecule has 0 radical (unpaired) electrons. The first kappa shape index (κ1) is 11.2. The number of aromatic nitrogens is 4. The van der Waals surface area contributed by atoms with E-state index in [0.29, 0.717) is 12.1 Å². The number of nitriles is 1. The van der Waals surface area contributed by atoms with Crippen LogP contribution in [-0.2, 0) is 13.6 Å². The molecule has 0 aliphatic rings. The van der Waals surface area contributed by atoms with Gasteiger partial charge in [-0.3, -0.25) is 9.36 Å². The third-order valence-corrected chi connectivity index (χ3v) is 2.53. The molecule has 6 heteroatoms. The van der Waals surface area contributed by atoms with E-state index >= 15 is 0 Å². The van der Waals surface area contributed by atoms with Gasteiger partial charge in [-0.05, 0) is 13.0 Å². The van der Waals surface area contributed by atoms with E-state index in [4.69, 9.17) is 5.26 Å². The van der Waals surface area contributed by atoms with Crippen LogP contribution in [0.3, 0.4) is 0 Å².